The minimum absolute atomic E-state index is 0.0891. The first kappa shape index (κ1) is 29.6. The molecule has 39 heavy (non-hydrogen) atoms. The molecule has 0 aromatic carbocycles. The molecule has 12 heteroatoms. The molecule has 12 nitrogen and oxygen atoms in total. The van der Waals surface area contributed by atoms with Crippen LogP contribution < -0.4 is 21.3 Å². The van der Waals surface area contributed by atoms with Crippen LogP contribution in [0.2, 0.25) is 0 Å². The Morgan fingerprint density at radius 1 is 0.949 bits per heavy atom. The molecule has 1 atom stereocenters. The van der Waals surface area contributed by atoms with Gasteiger partial charge in [0.15, 0.2) is 5.82 Å². The van der Waals surface area contributed by atoms with Crippen LogP contribution >= 0.6 is 0 Å². The van der Waals surface area contributed by atoms with E-state index in [2.05, 4.69) is 31.2 Å². The topological polar surface area (TPSA) is 167 Å². The molecule has 1 aliphatic rings. The molecule has 0 saturated carbocycles. The second-order valence-electron chi connectivity index (χ2n) is 10.4. The van der Waals surface area contributed by atoms with Crippen molar-refractivity contribution in [1.82, 2.24) is 25.6 Å². The number of ether oxygens (including phenoxy) is 1. The molecule has 2 amide bonds. The van der Waals surface area contributed by atoms with Crippen molar-refractivity contribution in [2.24, 2.45) is 0 Å². The molecule has 0 radical (unpaired) electrons. The van der Waals surface area contributed by atoms with Gasteiger partial charge in [-0.1, -0.05) is 12.8 Å². The number of pyridine rings is 1. The van der Waals surface area contributed by atoms with Crippen molar-refractivity contribution in [2.45, 2.75) is 77.4 Å². The lowest BCUT2D eigenvalue weighted by molar-refractivity contribution is -0.123. The Morgan fingerprint density at radius 2 is 1.64 bits per heavy atom. The molecule has 1 aliphatic heterocycles. The third kappa shape index (κ3) is 10.0. The summed E-state index contributed by atoms with van der Waals surface area (Å²) in [5.41, 5.74) is 0.439. The van der Waals surface area contributed by atoms with E-state index in [0.717, 1.165) is 32.2 Å². The number of anilines is 2. The second kappa shape index (κ2) is 14.3. The van der Waals surface area contributed by atoms with Crippen LogP contribution in [-0.4, -0.2) is 69.3 Å². The molecule has 3 rings (SSSR count). The van der Waals surface area contributed by atoms with Gasteiger partial charge in [0.05, 0.1) is 17.5 Å². The zero-order valence-electron chi connectivity index (χ0n) is 22.9. The van der Waals surface area contributed by atoms with Crippen LogP contribution in [0.15, 0.2) is 24.5 Å². The van der Waals surface area contributed by atoms with E-state index in [1.807, 2.05) is 0 Å². The zero-order chi connectivity index (χ0) is 28.3. The summed E-state index contributed by atoms with van der Waals surface area (Å²) in [7, 11) is 0. The number of rotatable bonds is 3. The summed E-state index contributed by atoms with van der Waals surface area (Å²) in [6.07, 6.45) is 7.86. The number of amides is 2. The third-order valence-corrected chi connectivity index (χ3v) is 5.95. The lowest BCUT2D eigenvalue weighted by atomic mass is 10.1. The first-order chi connectivity index (χ1) is 18.6. The van der Waals surface area contributed by atoms with Crippen molar-refractivity contribution < 1.29 is 24.2 Å². The summed E-state index contributed by atoms with van der Waals surface area (Å²) in [6.45, 7) is 7.16. The highest BCUT2D eigenvalue weighted by atomic mass is 16.6. The largest absolute Gasteiger partial charge is 0.478 e. The Labute approximate surface area is 228 Å². The molecule has 0 aliphatic carbocycles. The molecule has 2 aromatic heterocycles. The van der Waals surface area contributed by atoms with E-state index < -0.39 is 23.7 Å². The molecule has 2 bridgehead atoms. The monoisotopic (exact) mass is 541 g/mol. The zero-order valence-corrected chi connectivity index (χ0v) is 22.9. The summed E-state index contributed by atoms with van der Waals surface area (Å²) >= 11 is 0. The number of aromatic carboxylic acids is 1. The Kier molecular flexibility index (Phi) is 10.8. The highest BCUT2D eigenvalue weighted by molar-refractivity contribution is 5.87. The van der Waals surface area contributed by atoms with Gasteiger partial charge in [0, 0.05) is 25.8 Å². The van der Waals surface area contributed by atoms with Crippen molar-refractivity contribution in [3.8, 4) is 11.4 Å². The molecule has 212 valence electrons. The van der Waals surface area contributed by atoms with Crippen LogP contribution in [0.5, 0.6) is 0 Å². The normalized spacial score (nSPS) is 17.8. The predicted molar refractivity (Wildman–Crippen MR) is 148 cm³/mol. The van der Waals surface area contributed by atoms with E-state index >= 15 is 0 Å². The van der Waals surface area contributed by atoms with Gasteiger partial charge in [0.2, 0.25) is 5.91 Å². The van der Waals surface area contributed by atoms with E-state index in [1.54, 1.807) is 33.0 Å². The van der Waals surface area contributed by atoms with Crippen molar-refractivity contribution in [3.63, 3.8) is 0 Å². The number of nitrogens with one attached hydrogen (secondary N) is 4. The molecule has 3 heterocycles. The van der Waals surface area contributed by atoms with Crippen molar-refractivity contribution in [1.29, 1.82) is 0 Å². The second-order valence-corrected chi connectivity index (χ2v) is 10.4. The van der Waals surface area contributed by atoms with Gasteiger partial charge in [-0.25, -0.2) is 19.6 Å². The number of fused-ring (bicyclic) bond motifs is 2. The van der Waals surface area contributed by atoms with Crippen LogP contribution in [-0.2, 0) is 9.53 Å². The third-order valence-electron chi connectivity index (χ3n) is 5.95. The number of hydrogen-bond donors (Lipinski definition) is 5. The summed E-state index contributed by atoms with van der Waals surface area (Å²) < 4.78 is 5.35. The predicted octanol–water partition coefficient (Wildman–Crippen LogP) is 3.81. The summed E-state index contributed by atoms with van der Waals surface area (Å²) in [5.74, 6) is -0.101. The SMILES string of the molecule is CC(C)(C)OC(=O)N[C@@H]1CCCCNc2nc(cnc2-c2ccc(C(=O)O)cn2)NCCCCCCNC1=O. The van der Waals surface area contributed by atoms with E-state index in [4.69, 9.17) is 9.72 Å². The van der Waals surface area contributed by atoms with Gasteiger partial charge >= 0.3 is 12.1 Å². The lowest BCUT2D eigenvalue weighted by Gasteiger charge is -2.23. The standard InChI is InChI=1S/C27H39N7O5/c1-27(2,3)39-26(38)33-20-10-6-9-14-29-23-22(19-12-11-18(16-31-19)25(36)37)32-17-21(34-23)28-13-7-4-5-8-15-30-24(20)35/h11-12,16-17,20H,4-10,13-15H2,1-3H3,(H,30,35)(H,33,38)(H,36,37)(H2,28,29,34)/t20-/m1/s1. The number of nitrogens with zero attached hydrogens (tertiary/aromatic N) is 3. The molecule has 0 fully saturated rings. The van der Waals surface area contributed by atoms with Crippen molar-refractivity contribution in [3.05, 3.63) is 30.1 Å². The fraction of sp³-hybridized carbons (Fsp3) is 0.556. The summed E-state index contributed by atoms with van der Waals surface area (Å²) in [4.78, 5) is 49.9. The van der Waals surface area contributed by atoms with Gasteiger partial charge in [-0.15, -0.1) is 0 Å². The highest BCUT2D eigenvalue weighted by Crippen LogP contribution is 2.24. The Morgan fingerprint density at radius 3 is 2.31 bits per heavy atom. The number of carboxylic acid groups (broad SMARTS) is 1. The lowest BCUT2D eigenvalue weighted by Crippen LogP contribution is -2.48. The van der Waals surface area contributed by atoms with Crippen LogP contribution in [0, 0.1) is 0 Å². The van der Waals surface area contributed by atoms with E-state index in [0.29, 0.717) is 55.4 Å². The smallest absolute Gasteiger partial charge is 0.408 e. The maximum atomic E-state index is 12.8. The molecule has 0 unspecified atom stereocenters. The average Bonchev–Trinajstić information content (AvgIpc) is 2.87. The summed E-state index contributed by atoms with van der Waals surface area (Å²) in [6, 6.07) is 2.39. The number of aromatic nitrogens is 3. The van der Waals surface area contributed by atoms with Gasteiger partial charge in [-0.05, 0) is 65.0 Å². The van der Waals surface area contributed by atoms with Crippen LogP contribution in [0.25, 0.3) is 11.4 Å². The fourth-order valence-electron chi connectivity index (χ4n) is 4.00. The van der Waals surface area contributed by atoms with Crippen LogP contribution in [0.3, 0.4) is 0 Å². The number of alkyl carbamates (subject to hydrolysis) is 1. The Hall–Kier alpha value is -3.96. The molecule has 0 saturated heterocycles. The summed E-state index contributed by atoms with van der Waals surface area (Å²) in [5, 5.41) is 21.4. The maximum Gasteiger partial charge on any atom is 0.408 e. The van der Waals surface area contributed by atoms with Crippen molar-refractivity contribution >= 4 is 29.6 Å². The van der Waals surface area contributed by atoms with E-state index in [1.165, 1.54) is 12.3 Å². The highest BCUT2D eigenvalue weighted by Gasteiger charge is 2.24. The molecular weight excluding hydrogens is 502 g/mol. The average molecular weight is 542 g/mol. The quantitative estimate of drug-likeness (QED) is 0.385. The minimum Gasteiger partial charge on any atom is -0.478 e. The number of hydrogen-bond acceptors (Lipinski definition) is 9. The Bertz CT molecular complexity index is 1120. The van der Waals surface area contributed by atoms with Crippen LogP contribution in [0.4, 0.5) is 16.4 Å². The molecule has 5 N–H and O–H groups in total. The minimum atomic E-state index is -1.05. The van der Waals surface area contributed by atoms with Gasteiger partial charge in [-0.2, -0.15) is 0 Å². The van der Waals surface area contributed by atoms with Gasteiger partial charge < -0.3 is 31.1 Å². The first-order valence-corrected chi connectivity index (χ1v) is 13.4. The van der Waals surface area contributed by atoms with E-state index in [-0.39, 0.29) is 11.5 Å². The molecule has 2 aromatic rings. The van der Waals surface area contributed by atoms with Gasteiger partial charge in [-0.3, -0.25) is 9.78 Å². The maximum absolute atomic E-state index is 12.8. The fourth-order valence-corrected chi connectivity index (χ4v) is 4.00. The van der Waals surface area contributed by atoms with Crippen LogP contribution in [0.1, 0.15) is 76.1 Å². The number of carboxylic acids is 1. The molecule has 0 spiro atoms. The van der Waals surface area contributed by atoms with Crippen molar-refractivity contribution in [2.75, 3.05) is 30.3 Å². The molecular formula is C27H39N7O5. The Balaban J connectivity index is 1.72. The van der Waals surface area contributed by atoms with Gasteiger partial charge in [0.25, 0.3) is 0 Å². The van der Waals surface area contributed by atoms with Gasteiger partial charge in [0.1, 0.15) is 23.2 Å². The number of carbonyl (C=O) groups is 3. The number of carbonyl (C=O) groups excluding carboxylic acids is 2. The first-order valence-electron chi connectivity index (χ1n) is 13.4. The van der Waals surface area contributed by atoms with E-state index in [9.17, 15) is 19.5 Å².